The zero-order valence-corrected chi connectivity index (χ0v) is 15.2. The van der Waals surface area contributed by atoms with Gasteiger partial charge in [0.1, 0.15) is 23.2 Å². The molecule has 4 rings (SSSR count). The van der Waals surface area contributed by atoms with Crippen LogP contribution in [-0.4, -0.2) is 41.8 Å². The Bertz CT molecular complexity index is 864. The van der Waals surface area contributed by atoms with Crippen LogP contribution in [-0.2, 0) is 16.0 Å². The third-order valence-corrected chi connectivity index (χ3v) is 5.68. The molecule has 6 nitrogen and oxygen atoms in total. The number of ketones is 1. The molecule has 0 spiro atoms. The fraction of sp³-hybridized carbons (Fsp3) is 0.476. The second-order valence-electron chi connectivity index (χ2n) is 7.36. The lowest BCUT2D eigenvalue weighted by Gasteiger charge is -2.26. The van der Waals surface area contributed by atoms with Crippen molar-refractivity contribution in [3.63, 3.8) is 0 Å². The summed E-state index contributed by atoms with van der Waals surface area (Å²) in [5, 5.41) is 13.4. The first-order valence-electron chi connectivity index (χ1n) is 9.61. The summed E-state index contributed by atoms with van der Waals surface area (Å²) in [5.41, 5.74) is 0.826. The van der Waals surface area contributed by atoms with Crippen LogP contribution in [0.5, 0.6) is 0 Å². The van der Waals surface area contributed by atoms with Gasteiger partial charge in [0.2, 0.25) is 5.91 Å². The van der Waals surface area contributed by atoms with Crippen LogP contribution in [0.1, 0.15) is 31.4 Å². The smallest absolute Gasteiger partial charge is 0.241 e. The summed E-state index contributed by atoms with van der Waals surface area (Å²) in [6.45, 7) is 1.26. The summed E-state index contributed by atoms with van der Waals surface area (Å²) in [4.78, 5) is 27.3. The Balaban J connectivity index is 1.40. The van der Waals surface area contributed by atoms with Gasteiger partial charge in [0, 0.05) is 30.7 Å². The topological polar surface area (TPSA) is 86.3 Å². The number of likely N-dealkylation sites (tertiary alicyclic amines) is 1. The highest BCUT2D eigenvalue weighted by Crippen LogP contribution is 2.26. The lowest BCUT2D eigenvalue weighted by molar-refractivity contribution is -0.137. The van der Waals surface area contributed by atoms with E-state index in [1.54, 1.807) is 4.90 Å². The monoisotopic (exact) mass is 365 g/mol. The van der Waals surface area contributed by atoms with E-state index in [9.17, 15) is 14.9 Å². The van der Waals surface area contributed by atoms with Crippen molar-refractivity contribution in [1.82, 2.24) is 10.2 Å². The molecule has 1 N–H and O–H groups in total. The number of para-hydroxylation sites is 1. The Morgan fingerprint density at radius 3 is 2.96 bits per heavy atom. The zero-order chi connectivity index (χ0) is 18.8. The zero-order valence-electron chi connectivity index (χ0n) is 15.2. The number of hydrogen-bond donors (Lipinski definition) is 1. The number of carbonyl (C=O) groups is 2. The van der Waals surface area contributed by atoms with Crippen molar-refractivity contribution >= 4 is 22.7 Å². The Kier molecular flexibility index (Phi) is 4.95. The molecule has 2 aliphatic heterocycles. The molecule has 3 atom stereocenters. The average Bonchev–Trinajstić information content (AvgIpc) is 3.43. The molecule has 0 radical (unpaired) electrons. The van der Waals surface area contributed by atoms with Crippen molar-refractivity contribution in [3.8, 4) is 6.07 Å². The highest BCUT2D eigenvalue weighted by atomic mass is 16.3. The second-order valence-corrected chi connectivity index (χ2v) is 7.36. The van der Waals surface area contributed by atoms with Crippen LogP contribution < -0.4 is 5.32 Å². The van der Waals surface area contributed by atoms with Gasteiger partial charge in [-0.05, 0) is 37.9 Å². The minimum atomic E-state index is -0.498. The minimum Gasteiger partial charge on any atom is -0.461 e. The van der Waals surface area contributed by atoms with E-state index >= 15 is 0 Å². The van der Waals surface area contributed by atoms with Crippen LogP contribution in [0.3, 0.4) is 0 Å². The Hall–Kier alpha value is -2.65. The molecule has 0 aliphatic carbocycles. The molecule has 1 unspecified atom stereocenters. The number of fused-ring (bicyclic) bond motifs is 1. The fourth-order valence-corrected chi connectivity index (χ4v) is 4.24. The number of nitrogens with zero attached hydrogens (tertiary/aromatic N) is 2. The van der Waals surface area contributed by atoms with Crippen molar-refractivity contribution in [2.45, 2.75) is 44.2 Å². The number of furan rings is 1. The van der Waals surface area contributed by atoms with E-state index in [0.717, 1.165) is 29.6 Å². The van der Waals surface area contributed by atoms with Gasteiger partial charge in [-0.2, -0.15) is 5.26 Å². The molecular weight excluding hydrogens is 342 g/mol. The van der Waals surface area contributed by atoms with Gasteiger partial charge in [-0.1, -0.05) is 18.2 Å². The van der Waals surface area contributed by atoms with E-state index in [1.165, 1.54) is 0 Å². The lowest BCUT2D eigenvalue weighted by atomic mass is 9.91. The van der Waals surface area contributed by atoms with Crippen molar-refractivity contribution in [1.29, 1.82) is 5.26 Å². The van der Waals surface area contributed by atoms with Gasteiger partial charge in [-0.25, -0.2) is 0 Å². The van der Waals surface area contributed by atoms with E-state index in [1.807, 2.05) is 30.3 Å². The molecule has 0 saturated carbocycles. The van der Waals surface area contributed by atoms with Crippen LogP contribution in [0, 0.1) is 17.2 Å². The first-order valence-corrected chi connectivity index (χ1v) is 9.61. The largest absolute Gasteiger partial charge is 0.461 e. The summed E-state index contributed by atoms with van der Waals surface area (Å²) >= 11 is 0. The molecule has 140 valence electrons. The minimum absolute atomic E-state index is 0.0894. The van der Waals surface area contributed by atoms with Crippen LogP contribution in [0.25, 0.3) is 11.0 Å². The van der Waals surface area contributed by atoms with Gasteiger partial charge in [-0.3, -0.25) is 9.59 Å². The normalized spacial score (nSPS) is 25.0. The number of Topliss-reactive ketones (excluding diaryl/α,β-unsaturated/α-hetero) is 1. The summed E-state index contributed by atoms with van der Waals surface area (Å²) in [6, 6.07) is 11.1. The molecule has 2 fully saturated rings. The van der Waals surface area contributed by atoms with Crippen molar-refractivity contribution < 1.29 is 14.0 Å². The number of carbonyl (C=O) groups excluding carboxylic acids is 2. The standard InChI is InChI=1S/C21H23N3O3/c22-13-15-5-3-11-24(15)21(26)20-17(9-10-23-20)18(25)8-7-16-12-14-4-1-2-6-19(14)27-16/h1-2,4,6,12,15,17,20,23H,3,5,7-11H2/t15-,17?,20+/m0/s1. The quantitative estimate of drug-likeness (QED) is 0.879. The molecule has 1 aromatic heterocycles. The number of amides is 1. The molecule has 1 aromatic carbocycles. The number of aryl methyl sites for hydroxylation is 1. The van der Waals surface area contributed by atoms with E-state index in [2.05, 4.69) is 11.4 Å². The molecule has 2 aromatic rings. The highest BCUT2D eigenvalue weighted by molar-refractivity contribution is 5.92. The Morgan fingerprint density at radius 2 is 2.15 bits per heavy atom. The summed E-state index contributed by atoms with van der Waals surface area (Å²) in [7, 11) is 0. The number of rotatable bonds is 5. The van der Waals surface area contributed by atoms with E-state index in [0.29, 0.717) is 32.4 Å². The maximum Gasteiger partial charge on any atom is 0.241 e. The first kappa shape index (κ1) is 17.7. The van der Waals surface area contributed by atoms with Gasteiger partial charge in [0.05, 0.1) is 12.1 Å². The molecule has 1 amide bonds. The molecule has 0 bridgehead atoms. The van der Waals surface area contributed by atoms with Gasteiger partial charge in [0.25, 0.3) is 0 Å². The molecule has 3 heterocycles. The Morgan fingerprint density at radius 1 is 1.30 bits per heavy atom. The van der Waals surface area contributed by atoms with E-state index < -0.39 is 6.04 Å². The fourth-order valence-electron chi connectivity index (χ4n) is 4.24. The number of nitriles is 1. The SMILES string of the molecule is N#C[C@@H]1CCCN1C(=O)[C@@H]1NCCC1C(=O)CCc1cc2ccccc2o1. The van der Waals surface area contributed by atoms with Crippen molar-refractivity contribution in [3.05, 3.63) is 36.1 Å². The summed E-state index contributed by atoms with van der Waals surface area (Å²) < 4.78 is 5.79. The van der Waals surface area contributed by atoms with E-state index in [4.69, 9.17) is 4.42 Å². The molecule has 2 aliphatic rings. The van der Waals surface area contributed by atoms with Gasteiger partial charge in [-0.15, -0.1) is 0 Å². The third kappa shape index (κ3) is 3.47. The van der Waals surface area contributed by atoms with E-state index in [-0.39, 0.29) is 23.7 Å². The maximum absolute atomic E-state index is 12.9. The van der Waals surface area contributed by atoms with Crippen LogP contribution in [0.2, 0.25) is 0 Å². The van der Waals surface area contributed by atoms with Crippen molar-refractivity contribution in [2.24, 2.45) is 5.92 Å². The van der Waals surface area contributed by atoms with Crippen molar-refractivity contribution in [2.75, 3.05) is 13.1 Å². The average molecular weight is 365 g/mol. The molecular formula is C21H23N3O3. The van der Waals surface area contributed by atoms with Crippen LogP contribution in [0.15, 0.2) is 34.7 Å². The third-order valence-electron chi connectivity index (χ3n) is 5.68. The number of nitrogens with one attached hydrogen (secondary N) is 1. The predicted molar refractivity (Wildman–Crippen MR) is 99.8 cm³/mol. The first-order chi connectivity index (χ1) is 13.2. The number of benzene rings is 1. The second kappa shape index (κ2) is 7.53. The predicted octanol–water partition coefficient (Wildman–Crippen LogP) is 2.43. The molecule has 27 heavy (non-hydrogen) atoms. The van der Waals surface area contributed by atoms with Crippen LogP contribution >= 0.6 is 0 Å². The molecule has 6 heteroatoms. The van der Waals surface area contributed by atoms with Gasteiger partial charge in [0.15, 0.2) is 0 Å². The lowest BCUT2D eigenvalue weighted by Crippen LogP contribution is -2.49. The summed E-state index contributed by atoms with van der Waals surface area (Å²) in [6.07, 6.45) is 3.13. The van der Waals surface area contributed by atoms with Gasteiger partial charge < -0.3 is 14.6 Å². The Labute approximate surface area is 158 Å². The molecule has 2 saturated heterocycles. The highest BCUT2D eigenvalue weighted by Gasteiger charge is 2.41. The maximum atomic E-state index is 12.9. The summed E-state index contributed by atoms with van der Waals surface area (Å²) in [5.74, 6) is 0.467. The number of hydrogen-bond acceptors (Lipinski definition) is 5. The van der Waals surface area contributed by atoms with Gasteiger partial charge >= 0.3 is 0 Å². The van der Waals surface area contributed by atoms with Crippen LogP contribution in [0.4, 0.5) is 0 Å².